The Morgan fingerprint density at radius 3 is 3.08 bits per heavy atom. The lowest BCUT2D eigenvalue weighted by molar-refractivity contribution is -0.143. The first-order valence-electron chi connectivity index (χ1n) is 4.51. The van der Waals surface area contributed by atoms with Crippen molar-refractivity contribution in [1.82, 2.24) is 0 Å². The zero-order chi connectivity index (χ0) is 9.52. The van der Waals surface area contributed by atoms with E-state index in [2.05, 4.69) is 0 Å². The van der Waals surface area contributed by atoms with E-state index >= 15 is 0 Å². The van der Waals surface area contributed by atoms with Gasteiger partial charge in [0.15, 0.2) is 0 Å². The normalized spacial score (nSPS) is 9.92. The smallest absolute Gasteiger partial charge is 0.305 e. The quantitative estimate of drug-likeness (QED) is 0.517. The Bertz CT molecular complexity index is 239. The molecule has 1 aromatic heterocycles. The number of aryl methyl sites for hydroxylation is 1. The minimum Gasteiger partial charge on any atom is -0.469 e. The number of hydrogen-bond acceptors (Lipinski definition) is 3. The van der Waals surface area contributed by atoms with Crippen molar-refractivity contribution in [1.29, 1.82) is 0 Å². The molecule has 0 radical (unpaired) electrons. The molecule has 0 atom stereocenters. The summed E-state index contributed by atoms with van der Waals surface area (Å²) in [6.07, 6.45) is 3.73. The van der Waals surface area contributed by atoms with Crippen molar-refractivity contribution >= 4 is 5.97 Å². The highest BCUT2D eigenvalue weighted by Crippen LogP contribution is 2.03. The zero-order valence-corrected chi connectivity index (χ0v) is 7.79. The highest BCUT2D eigenvalue weighted by Gasteiger charge is 1.99. The van der Waals surface area contributed by atoms with Crippen molar-refractivity contribution in [2.75, 3.05) is 6.61 Å². The lowest BCUT2D eigenvalue weighted by Crippen LogP contribution is -2.04. The Morgan fingerprint density at radius 1 is 1.62 bits per heavy atom. The SMILES string of the molecule is CCC(=O)OCCCc1ccco1. The van der Waals surface area contributed by atoms with E-state index in [1.165, 1.54) is 0 Å². The monoisotopic (exact) mass is 182 g/mol. The molecule has 0 saturated carbocycles. The molecular formula is C10H14O3. The summed E-state index contributed by atoms with van der Waals surface area (Å²) in [5, 5.41) is 0. The van der Waals surface area contributed by atoms with Crippen molar-refractivity contribution in [3.63, 3.8) is 0 Å². The Morgan fingerprint density at radius 2 is 2.46 bits per heavy atom. The molecular weight excluding hydrogens is 168 g/mol. The summed E-state index contributed by atoms with van der Waals surface area (Å²) in [7, 11) is 0. The molecule has 0 aliphatic rings. The van der Waals surface area contributed by atoms with Crippen LogP contribution in [0.4, 0.5) is 0 Å². The Balaban J connectivity index is 2.05. The summed E-state index contributed by atoms with van der Waals surface area (Å²) in [6.45, 7) is 2.27. The average molecular weight is 182 g/mol. The highest BCUT2D eigenvalue weighted by molar-refractivity contribution is 5.68. The van der Waals surface area contributed by atoms with E-state index in [4.69, 9.17) is 9.15 Å². The van der Waals surface area contributed by atoms with Crippen molar-refractivity contribution in [2.24, 2.45) is 0 Å². The number of rotatable bonds is 5. The van der Waals surface area contributed by atoms with E-state index in [-0.39, 0.29) is 5.97 Å². The summed E-state index contributed by atoms with van der Waals surface area (Å²) in [5.41, 5.74) is 0. The maximum absolute atomic E-state index is 10.7. The molecule has 0 unspecified atom stereocenters. The van der Waals surface area contributed by atoms with Crippen molar-refractivity contribution < 1.29 is 13.9 Å². The molecule has 0 amide bonds. The molecule has 0 N–H and O–H groups in total. The summed E-state index contributed by atoms with van der Waals surface area (Å²) < 4.78 is 10.0. The topological polar surface area (TPSA) is 39.4 Å². The molecule has 1 heterocycles. The average Bonchev–Trinajstić information content (AvgIpc) is 2.64. The van der Waals surface area contributed by atoms with Crippen LogP contribution < -0.4 is 0 Å². The maximum Gasteiger partial charge on any atom is 0.305 e. The van der Waals surface area contributed by atoms with E-state index in [0.29, 0.717) is 13.0 Å². The standard InChI is InChI=1S/C10H14O3/c1-2-10(11)13-8-4-6-9-5-3-7-12-9/h3,5,7H,2,4,6,8H2,1H3. The second kappa shape index (κ2) is 5.41. The minimum atomic E-state index is -0.139. The van der Waals surface area contributed by atoms with Crippen LogP contribution >= 0.6 is 0 Å². The van der Waals surface area contributed by atoms with E-state index in [1.54, 1.807) is 13.2 Å². The molecule has 1 rings (SSSR count). The van der Waals surface area contributed by atoms with Crippen molar-refractivity contribution in [2.45, 2.75) is 26.2 Å². The number of hydrogen-bond donors (Lipinski definition) is 0. The van der Waals surface area contributed by atoms with Gasteiger partial charge in [0.1, 0.15) is 5.76 Å². The van der Waals surface area contributed by atoms with Gasteiger partial charge >= 0.3 is 5.97 Å². The van der Waals surface area contributed by atoms with Gasteiger partial charge < -0.3 is 9.15 Å². The first-order valence-corrected chi connectivity index (χ1v) is 4.51. The van der Waals surface area contributed by atoms with E-state index in [1.807, 2.05) is 12.1 Å². The fraction of sp³-hybridized carbons (Fsp3) is 0.500. The molecule has 0 fully saturated rings. The second-order valence-corrected chi connectivity index (χ2v) is 2.76. The molecule has 0 spiro atoms. The third-order valence-corrected chi connectivity index (χ3v) is 1.70. The number of carbonyl (C=O) groups excluding carboxylic acids is 1. The Kier molecular flexibility index (Phi) is 4.09. The van der Waals surface area contributed by atoms with Crippen LogP contribution in [0, 0.1) is 0 Å². The molecule has 0 saturated heterocycles. The number of furan rings is 1. The molecule has 13 heavy (non-hydrogen) atoms. The Hall–Kier alpha value is -1.25. The Labute approximate surface area is 77.7 Å². The number of esters is 1. The molecule has 3 heteroatoms. The fourth-order valence-electron chi connectivity index (χ4n) is 0.989. The largest absolute Gasteiger partial charge is 0.469 e. The molecule has 0 bridgehead atoms. The molecule has 1 aromatic rings. The van der Waals surface area contributed by atoms with Crippen LogP contribution in [0.5, 0.6) is 0 Å². The van der Waals surface area contributed by atoms with Crippen LogP contribution in [-0.4, -0.2) is 12.6 Å². The third-order valence-electron chi connectivity index (χ3n) is 1.70. The van der Waals surface area contributed by atoms with Gasteiger partial charge in [-0.1, -0.05) is 6.92 Å². The van der Waals surface area contributed by atoms with E-state index in [9.17, 15) is 4.79 Å². The summed E-state index contributed by atoms with van der Waals surface area (Å²) >= 11 is 0. The highest BCUT2D eigenvalue weighted by atomic mass is 16.5. The van der Waals surface area contributed by atoms with Gasteiger partial charge in [-0.05, 0) is 18.6 Å². The predicted octanol–water partition coefficient (Wildman–Crippen LogP) is 2.17. The van der Waals surface area contributed by atoms with Crippen LogP contribution in [0.2, 0.25) is 0 Å². The van der Waals surface area contributed by atoms with Crippen LogP contribution in [0.15, 0.2) is 22.8 Å². The van der Waals surface area contributed by atoms with Crippen molar-refractivity contribution in [3.8, 4) is 0 Å². The summed E-state index contributed by atoms with van der Waals surface area (Å²) in [6, 6.07) is 3.77. The first-order chi connectivity index (χ1) is 6.33. The van der Waals surface area contributed by atoms with E-state index < -0.39 is 0 Å². The fourth-order valence-corrected chi connectivity index (χ4v) is 0.989. The zero-order valence-electron chi connectivity index (χ0n) is 7.79. The van der Waals surface area contributed by atoms with Gasteiger partial charge in [-0.3, -0.25) is 4.79 Å². The van der Waals surface area contributed by atoms with Crippen LogP contribution in [0.1, 0.15) is 25.5 Å². The van der Waals surface area contributed by atoms with Gasteiger partial charge in [-0.15, -0.1) is 0 Å². The molecule has 0 aromatic carbocycles. The third kappa shape index (κ3) is 3.78. The van der Waals surface area contributed by atoms with Gasteiger partial charge in [-0.2, -0.15) is 0 Å². The summed E-state index contributed by atoms with van der Waals surface area (Å²) in [5.74, 6) is 0.798. The molecule has 0 aliphatic heterocycles. The minimum absolute atomic E-state index is 0.139. The maximum atomic E-state index is 10.7. The molecule has 72 valence electrons. The van der Waals surface area contributed by atoms with E-state index in [0.717, 1.165) is 18.6 Å². The van der Waals surface area contributed by atoms with Crippen molar-refractivity contribution in [3.05, 3.63) is 24.2 Å². The van der Waals surface area contributed by atoms with Gasteiger partial charge in [0.2, 0.25) is 0 Å². The van der Waals surface area contributed by atoms with Crippen LogP contribution in [-0.2, 0) is 16.0 Å². The van der Waals surface area contributed by atoms with Gasteiger partial charge in [0.05, 0.1) is 12.9 Å². The predicted molar refractivity (Wildman–Crippen MR) is 48.3 cm³/mol. The lowest BCUT2D eigenvalue weighted by Gasteiger charge is -2.00. The second-order valence-electron chi connectivity index (χ2n) is 2.76. The molecule has 0 aliphatic carbocycles. The van der Waals surface area contributed by atoms with Crippen LogP contribution in [0.3, 0.4) is 0 Å². The first kappa shape index (κ1) is 9.84. The molecule has 3 nitrogen and oxygen atoms in total. The van der Waals surface area contributed by atoms with Crippen LogP contribution in [0.25, 0.3) is 0 Å². The number of ether oxygens (including phenoxy) is 1. The lowest BCUT2D eigenvalue weighted by atomic mass is 10.2. The number of carbonyl (C=O) groups is 1. The van der Waals surface area contributed by atoms with Gasteiger partial charge in [0, 0.05) is 12.8 Å². The van der Waals surface area contributed by atoms with Gasteiger partial charge in [0.25, 0.3) is 0 Å². The van der Waals surface area contributed by atoms with Gasteiger partial charge in [-0.25, -0.2) is 0 Å². The summed E-state index contributed by atoms with van der Waals surface area (Å²) in [4.78, 5) is 10.7.